The highest BCUT2D eigenvalue weighted by Gasteiger charge is 2.29. The lowest BCUT2D eigenvalue weighted by Gasteiger charge is -2.13. The van der Waals surface area contributed by atoms with Gasteiger partial charge in [0.2, 0.25) is 5.16 Å². The van der Waals surface area contributed by atoms with Crippen molar-refractivity contribution in [3.8, 4) is 5.75 Å². The summed E-state index contributed by atoms with van der Waals surface area (Å²) in [5.74, 6) is 0.0371. The first-order chi connectivity index (χ1) is 12.8. The highest BCUT2D eigenvalue weighted by atomic mass is 35.5. The van der Waals surface area contributed by atoms with E-state index in [2.05, 4.69) is 9.97 Å². The number of alkyl halides is 4. The first-order valence-corrected chi connectivity index (χ1v) is 9.69. The van der Waals surface area contributed by atoms with Gasteiger partial charge in [-0.2, -0.15) is 13.2 Å². The fraction of sp³-hybridized carbons (Fsp3) is 0.294. The van der Waals surface area contributed by atoms with Crippen molar-refractivity contribution in [3.05, 3.63) is 47.8 Å². The number of ether oxygens (including phenoxy) is 1. The van der Waals surface area contributed by atoms with E-state index in [9.17, 15) is 17.4 Å². The maximum atomic E-state index is 12.9. The van der Waals surface area contributed by atoms with Gasteiger partial charge in [0.15, 0.2) is 6.61 Å². The SMILES string of the molecule is Cc1c(OCC(F)(F)F)ccnc1CS(=O)c1nc2ccccc2n1CCl. The number of fused-ring (bicyclic) bond motifs is 1. The topological polar surface area (TPSA) is 57.0 Å². The van der Waals surface area contributed by atoms with Gasteiger partial charge in [-0.05, 0) is 25.1 Å². The Labute approximate surface area is 160 Å². The van der Waals surface area contributed by atoms with Gasteiger partial charge >= 0.3 is 6.18 Å². The Morgan fingerprint density at radius 2 is 2.00 bits per heavy atom. The van der Waals surface area contributed by atoms with Crippen molar-refractivity contribution < 1.29 is 22.1 Å². The summed E-state index contributed by atoms with van der Waals surface area (Å²) in [4.78, 5) is 8.50. The average Bonchev–Trinajstić information content (AvgIpc) is 3.00. The average molecular weight is 418 g/mol. The van der Waals surface area contributed by atoms with Crippen LogP contribution in [0, 0.1) is 6.92 Å². The Morgan fingerprint density at radius 3 is 2.70 bits per heavy atom. The van der Waals surface area contributed by atoms with Gasteiger partial charge in [-0.25, -0.2) is 4.98 Å². The molecule has 0 saturated heterocycles. The molecular weight excluding hydrogens is 403 g/mol. The van der Waals surface area contributed by atoms with Crippen LogP contribution in [-0.4, -0.2) is 31.5 Å². The van der Waals surface area contributed by atoms with E-state index in [4.69, 9.17) is 16.3 Å². The molecule has 144 valence electrons. The van der Waals surface area contributed by atoms with Gasteiger partial charge in [0.1, 0.15) is 5.75 Å². The third-order valence-corrected chi connectivity index (χ3v) is 5.35. The second-order valence-corrected chi connectivity index (χ2v) is 7.29. The second kappa shape index (κ2) is 7.85. The maximum absolute atomic E-state index is 12.9. The van der Waals surface area contributed by atoms with E-state index in [1.807, 2.05) is 18.2 Å². The summed E-state index contributed by atoms with van der Waals surface area (Å²) in [7, 11) is -1.59. The van der Waals surface area contributed by atoms with Crippen LogP contribution in [0.25, 0.3) is 11.0 Å². The van der Waals surface area contributed by atoms with Crippen molar-refractivity contribution in [2.45, 2.75) is 30.0 Å². The number of halogens is 4. The van der Waals surface area contributed by atoms with Crippen LogP contribution in [0.15, 0.2) is 41.7 Å². The number of para-hydroxylation sites is 2. The van der Waals surface area contributed by atoms with Gasteiger partial charge in [-0.15, -0.1) is 11.6 Å². The highest BCUT2D eigenvalue weighted by Crippen LogP contribution is 2.26. The number of rotatable bonds is 6. The molecular formula is C17H15ClF3N3O2S. The van der Waals surface area contributed by atoms with Gasteiger partial charge < -0.3 is 9.30 Å². The molecule has 1 unspecified atom stereocenters. The van der Waals surface area contributed by atoms with Crippen LogP contribution in [0.4, 0.5) is 13.2 Å². The summed E-state index contributed by atoms with van der Waals surface area (Å²) in [6.45, 7) is 0.179. The van der Waals surface area contributed by atoms with Crippen LogP contribution in [0.5, 0.6) is 5.75 Å². The summed E-state index contributed by atoms with van der Waals surface area (Å²) in [5, 5.41) is 0.286. The van der Waals surface area contributed by atoms with Crippen molar-refractivity contribution in [1.29, 1.82) is 0 Å². The molecule has 0 bridgehead atoms. The molecule has 2 aromatic heterocycles. The molecule has 1 aromatic carbocycles. The van der Waals surface area contributed by atoms with E-state index >= 15 is 0 Å². The fourth-order valence-corrected chi connectivity index (χ4v) is 4.14. The minimum absolute atomic E-state index is 0.0186. The number of pyridine rings is 1. The molecule has 0 aliphatic carbocycles. The molecule has 0 spiro atoms. The lowest BCUT2D eigenvalue weighted by Crippen LogP contribution is -2.20. The smallest absolute Gasteiger partial charge is 0.422 e. The highest BCUT2D eigenvalue weighted by molar-refractivity contribution is 7.84. The molecule has 0 saturated carbocycles. The Bertz CT molecular complexity index is 991. The number of imidazole rings is 1. The molecule has 2 heterocycles. The minimum atomic E-state index is -4.44. The minimum Gasteiger partial charge on any atom is -0.484 e. The van der Waals surface area contributed by atoms with Crippen LogP contribution < -0.4 is 4.74 Å². The predicted molar refractivity (Wildman–Crippen MR) is 96.2 cm³/mol. The molecule has 3 rings (SSSR count). The number of benzene rings is 1. The monoisotopic (exact) mass is 417 g/mol. The molecule has 1 atom stereocenters. The molecule has 0 radical (unpaired) electrons. The summed E-state index contributed by atoms with van der Waals surface area (Å²) < 4.78 is 56.4. The predicted octanol–water partition coefficient (Wildman–Crippen LogP) is 4.18. The Balaban J connectivity index is 1.86. The zero-order chi connectivity index (χ0) is 19.6. The fourth-order valence-electron chi connectivity index (χ4n) is 2.55. The lowest BCUT2D eigenvalue weighted by atomic mass is 10.2. The van der Waals surface area contributed by atoms with Crippen LogP contribution in [0.3, 0.4) is 0 Å². The van der Waals surface area contributed by atoms with Crippen LogP contribution in [0.2, 0.25) is 0 Å². The normalized spacial score (nSPS) is 13.1. The molecule has 0 N–H and O–H groups in total. The Kier molecular flexibility index (Phi) is 5.71. The molecule has 27 heavy (non-hydrogen) atoms. The van der Waals surface area contributed by atoms with Crippen molar-refractivity contribution >= 4 is 33.4 Å². The van der Waals surface area contributed by atoms with Gasteiger partial charge in [0.25, 0.3) is 0 Å². The first kappa shape index (κ1) is 19.6. The second-order valence-electron chi connectivity index (χ2n) is 5.71. The molecule has 0 aliphatic rings. The molecule has 3 aromatic rings. The van der Waals surface area contributed by atoms with Crippen molar-refractivity contribution in [2.75, 3.05) is 6.61 Å². The largest absolute Gasteiger partial charge is 0.484 e. The van der Waals surface area contributed by atoms with Crippen molar-refractivity contribution in [2.24, 2.45) is 0 Å². The van der Waals surface area contributed by atoms with Crippen LogP contribution in [-0.2, 0) is 22.6 Å². The molecule has 5 nitrogen and oxygen atoms in total. The molecule has 0 aliphatic heterocycles. The molecule has 0 fully saturated rings. The third kappa shape index (κ3) is 4.41. The van der Waals surface area contributed by atoms with Crippen LogP contribution in [0.1, 0.15) is 11.3 Å². The zero-order valence-electron chi connectivity index (χ0n) is 14.2. The van der Waals surface area contributed by atoms with Crippen LogP contribution >= 0.6 is 11.6 Å². The number of nitrogens with zero attached hydrogens (tertiary/aromatic N) is 3. The number of hydrogen-bond acceptors (Lipinski definition) is 4. The van der Waals surface area contributed by atoms with E-state index in [0.717, 1.165) is 5.52 Å². The lowest BCUT2D eigenvalue weighted by molar-refractivity contribution is -0.153. The molecule has 0 amide bonds. The maximum Gasteiger partial charge on any atom is 0.422 e. The van der Waals surface area contributed by atoms with E-state index in [1.54, 1.807) is 17.6 Å². The molecule has 10 heteroatoms. The van der Waals surface area contributed by atoms with Gasteiger partial charge in [0.05, 0.1) is 39.3 Å². The number of hydrogen-bond donors (Lipinski definition) is 0. The quantitative estimate of drug-likeness (QED) is 0.564. The van der Waals surface area contributed by atoms with E-state index in [-0.39, 0.29) is 22.7 Å². The van der Waals surface area contributed by atoms with Gasteiger partial charge in [-0.3, -0.25) is 9.19 Å². The van der Waals surface area contributed by atoms with Crippen molar-refractivity contribution in [3.63, 3.8) is 0 Å². The summed E-state index contributed by atoms with van der Waals surface area (Å²) in [6.07, 6.45) is -3.11. The Hall–Kier alpha value is -2.13. The number of aromatic nitrogens is 3. The van der Waals surface area contributed by atoms with E-state index in [1.165, 1.54) is 12.3 Å². The first-order valence-electron chi connectivity index (χ1n) is 7.84. The van der Waals surface area contributed by atoms with E-state index < -0.39 is 23.6 Å². The third-order valence-electron chi connectivity index (χ3n) is 3.86. The summed E-state index contributed by atoms with van der Waals surface area (Å²) in [5.41, 5.74) is 2.20. The standard InChI is InChI=1S/C17H15ClF3N3O2S/c1-11-13(22-7-6-15(11)26-9-17(19,20)21)8-27(25)16-23-12-4-2-3-5-14(12)24(16)10-18/h2-7H,8-10H2,1H3. The Morgan fingerprint density at radius 1 is 1.26 bits per heavy atom. The summed E-state index contributed by atoms with van der Waals surface area (Å²) in [6, 6.07) is 8.67. The zero-order valence-corrected chi connectivity index (χ0v) is 15.7. The van der Waals surface area contributed by atoms with Crippen molar-refractivity contribution in [1.82, 2.24) is 14.5 Å². The van der Waals surface area contributed by atoms with Gasteiger partial charge in [0, 0.05) is 11.8 Å². The van der Waals surface area contributed by atoms with E-state index in [0.29, 0.717) is 16.8 Å². The van der Waals surface area contributed by atoms with Gasteiger partial charge in [-0.1, -0.05) is 12.1 Å². The summed E-state index contributed by atoms with van der Waals surface area (Å²) >= 11 is 5.99.